The van der Waals surface area contributed by atoms with E-state index in [1.165, 1.54) is 12.1 Å². The van der Waals surface area contributed by atoms with Crippen molar-refractivity contribution in [2.24, 2.45) is 5.92 Å². The van der Waals surface area contributed by atoms with Crippen LogP contribution in [-0.4, -0.2) is 27.9 Å². The van der Waals surface area contributed by atoms with Crippen molar-refractivity contribution < 1.29 is 9.18 Å². The lowest BCUT2D eigenvalue weighted by atomic mass is 9.94. The molecule has 2 N–H and O–H groups in total. The molecule has 6 heteroatoms. The van der Waals surface area contributed by atoms with Gasteiger partial charge in [0.05, 0.1) is 12.2 Å². The molecule has 0 spiro atoms. The molecular formula is C20H25FN4O. The second kappa shape index (κ2) is 8.38. The summed E-state index contributed by atoms with van der Waals surface area (Å²) in [4.78, 5) is 19.3. The van der Waals surface area contributed by atoms with E-state index in [0.29, 0.717) is 13.1 Å². The Balaban J connectivity index is 1.79. The van der Waals surface area contributed by atoms with Crippen molar-refractivity contribution in [3.8, 4) is 0 Å². The summed E-state index contributed by atoms with van der Waals surface area (Å²) in [5.74, 6) is -0.0692. The van der Waals surface area contributed by atoms with E-state index in [9.17, 15) is 9.18 Å². The first-order valence-corrected chi connectivity index (χ1v) is 9.02. The summed E-state index contributed by atoms with van der Waals surface area (Å²) in [7, 11) is 0. The molecule has 1 aliphatic heterocycles. The zero-order valence-corrected chi connectivity index (χ0v) is 15.2. The number of halogens is 1. The van der Waals surface area contributed by atoms with Crippen LogP contribution in [-0.2, 0) is 17.9 Å². The summed E-state index contributed by atoms with van der Waals surface area (Å²) in [6, 6.07) is 11.9. The lowest BCUT2D eigenvalue weighted by Gasteiger charge is -2.27. The average Bonchev–Trinajstić information content (AvgIpc) is 3.04. The molecule has 1 saturated heterocycles. The highest BCUT2D eigenvalue weighted by molar-refractivity contribution is 5.82. The molecule has 1 aliphatic rings. The quantitative estimate of drug-likeness (QED) is 0.835. The van der Waals surface area contributed by atoms with Gasteiger partial charge in [0.1, 0.15) is 11.9 Å². The third-order valence-corrected chi connectivity index (χ3v) is 4.97. The summed E-state index contributed by atoms with van der Waals surface area (Å²) < 4.78 is 13.2. The number of hydrogen-bond donors (Lipinski definition) is 2. The van der Waals surface area contributed by atoms with Gasteiger partial charge in [0.2, 0.25) is 5.91 Å². The molecule has 3 atom stereocenters. The Kier molecular flexibility index (Phi) is 5.96. The van der Waals surface area contributed by atoms with Crippen LogP contribution < -0.4 is 10.9 Å². The van der Waals surface area contributed by atoms with Crippen LogP contribution >= 0.6 is 0 Å². The lowest BCUT2D eigenvalue weighted by molar-refractivity contribution is -0.135. The number of hydrazine groups is 1. The van der Waals surface area contributed by atoms with Gasteiger partial charge in [-0.25, -0.2) is 9.82 Å². The average molecular weight is 356 g/mol. The monoisotopic (exact) mass is 356 g/mol. The van der Waals surface area contributed by atoms with Crippen LogP contribution in [0.4, 0.5) is 4.39 Å². The summed E-state index contributed by atoms with van der Waals surface area (Å²) in [5, 5.41) is 0. The third kappa shape index (κ3) is 4.26. The molecule has 0 bridgehead atoms. The van der Waals surface area contributed by atoms with Gasteiger partial charge in [-0.15, -0.1) is 0 Å². The molecule has 5 nitrogen and oxygen atoms in total. The minimum absolute atomic E-state index is 0.0240. The largest absolute Gasteiger partial charge is 0.331 e. The molecule has 138 valence electrons. The molecule has 3 rings (SSSR count). The van der Waals surface area contributed by atoms with Crippen LogP contribution in [0.1, 0.15) is 31.5 Å². The van der Waals surface area contributed by atoms with E-state index < -0.39 is 0 Å². The summed E-state index contributed by atoms with van der Waals surface area (Å²) in [6.45, 7) is 5.02. The summed E-state index contributed by atoms with van der Waals surface area (Å²) in [6.07, 6.45) is 2.68. The molecule has 2 aromatic rings. The van der Waals surface area contributed by atoms with E-state index in [1.807, 2.05) is 18.2 Å². The van der Waals surface area contributed by atoms with Crippen LogP contribution in [0.3, 0.4) is 0 Å². The van der Waals surface area contributed by atoms with Crippen molar-refractivity contribution in [3.05, 3.63) is 65.7 Å². The highest BCUT2D eigenvalue weighted by atomic mass is 19.1. The number of nitrogens with zero attached hydrogens (tertiary/aromatic N) is 2. The number of amides is 1. The maximum absolute atomic E-state index is 13.2. The van der Waals surface area contributed by atoms with Crippen LogP contribution in [0, 0.1) is 11.7 Å². The first kappa shape index (κ1) is 18.5. The van der Waals surface area contributed by atoms with E-state index in [-0.39, 0.29) is 29.7 Å². The van der Waals surface area contributed by atoms with Gasteiger partial charge < -0.3 is 4.90 Å². The first-order valence-electron chi connectivity index (χ1n) is 9.02. The van der Waals surface area contributed by atoms with E-state index in [4.69, 9.17) is 0 Å². The van der Waals surface area contributed by atoms with E-state index in [1.54, 1.807) is 23.2 Å². The SMILES string of the molecule is CCC1NNC(C(=O)N(Cc2ccc(F)cc2)Cc2ccccn2)C1C. The molecule has 1 amide bonds. The highest BCUT2D eigenvalue weighted by Crippen LogP contribution is 2.20. The van der Waals surface area contributed by atoms with Gasteiger partial charge in [-0.2, -0.15) is 0 Å². The third-order valence-electron chi connectivity index (χ3n) is 4.97. The van der Waals surface area contributed by atoms with Crippen LogP contribution in [0.25, 0.3) is 0 Å². The molecule has 26 heavy (non-hydrogen) atoms. The van der Waals surface area contributed by atoms with E-state index in [2.05, 4.69) is 29.7 Å². The van der Waals surface area contributed by atoms with Crippen LogP contribution in [0.2, 0.25) is 0 Å². The smallest absolute Gasteiger partial charge is 0.242 e. The summed E-state index contributed by atoms with van der Waals surface area (Å²) >= 11 is 0. The molecule has 3 unspecified atom stereocenters. The molecule has 2 heterocycles. The normalized spacial score (nSPS) is 22.3. The number of carbonyl (C=O) groups is 1. The van der Waals surface area contributed by atoms with E-state index >= 15 is 0 Å². The highest BCUT2D eigenvalue weighted by Gasteiger charge is 2.38. The second-order valence-electron chi connectivity index (χ2n) is 6.78. The number of carbonyl (C=O) groups excluding carboxylic acids is 1. The number of rotatable bonds is 6. The number of nitrogens with one attached hydrogen (secondary N) is 2. The Morgan fingerprint density at radius 3 is 2.54 bits per heavy atom. The van der Waals surface area contributed by atoms with Crippen molar-refractivity contribution in [1.29, 1.82) is 0 Å². The Hall–Kier alpha value is -2.31. The molecule has 1 aromatic heterocycles. The zero-order chi connectivity index (χ0) is 18.5. The molecule has 1 fully saturated rings. The Morgan fingerprint density at radius 1 is 1.15 bits per heavy atom. The number of hydrogen-bond acceptors (Lipinski definition) is 4. The number of pyridine rings is 1. The Bertz CT molecular complexity index is 722. The fourth-order valence-corrected chi connectivity index (χ4v) is 3.36. The topological polar surface area (TPSA) is 57.3 Å². The van der Waals surface area contributed by atoms with Crippen LogP contribution in [0.15, 0.2) is 48.7 Å². The van der Waals surface area contributed by atoms with Crippen LogP contribution in [0.5, 0.6) is 0 Å². The summed E-state index contributed by atoms with van der Waals surface area (Å²) in [5.41, 5.74) is 8.08. The fourth-order valence-electron chi connectivity index (χ4n) is 3.36. The molecule has 0 radical (unpaired) electrons. The Labute approximate surface area is 153 Å². The van der Waals surface area contributed by atoms with Crippen molar-refractivity contribution in [2.75, 3.05) is 0 Å². The van der Waals surface area contributed by atoms with Crippen molar-refractivity contribution in [1.82, 2.24) is 20.7 Å². The molecule has 1 aromatic carbocycles. The van der Waals surface area contributed by atoms with Crippen molar-refractivity contribution >= 4 is 5.91 Å². The lowest BCUT2D eigenvalue weighted by Crippen LogP contribution is -2.47. The predicted molar refractivity (Wildman–Crippen MR) is 98.2 cm³/mol. The minimum Gasteiger partial charge on any atom is -0.331 e. The van der Waals surface area contributed by atoms with Gasteiger partial charge in [0.25, 0.3) is 0 Å². The number of aromatic nitrogens is 1. The van der Waals surface area contributed by atoms with E-state index in [0.717, 1.165) is 17.7 Å². The maximum Gasteiger partial charge on any atom is 0.242 e. The Morgan fingerprint density at radius 2 is 1.92 bits per heavy atom. The van der Waals surface area contributed by atoms with Crippen molar-refractivity contribution in [2.45, 2.75) is 45.4 Å². The maximum atomic E-state index is 13.2. The van der Waals surface area contributed by atoms with Gasteiger partial charge in [-0.1, -0.05) is 32.0 Å². The predicted octanol–water partition coefficient (Wildman–Crippen LogP) is 2.64. The molecular weight excluding hydrogens is 331 g/mol. The van der Waals surface area contributed by atoms with Gasteiger partial charge in [-0.05, 0) is 42.2 Å². The zero-order valence-electron chi connectivity index (χ0n) is 15.2. The second-order valence-corrected chi connectivity index (χ2v) is 6.78. The molecule has 0 saturated carbocycles. The van der Waals surface area contributed by atoms with Gasteiger partial charge in [-0.3, -0.25) is 15.2 Å². The fraction of sp³-hybridized carbons (Fsp3) is 0.400. The van der Waals surface area contributed by atoms with Crippen molar-refractivity contribution in [3.63, 3.8) is 0 Å². The number of benzene rings is 1. The van der Waals surface area contributed by atoms with Gasteiger partial charge >= 0.3 is 0 Å². The standard InChI is InChI=1S/C20H25FN4O/c1-3-18-14(2)19(24-23-18)20(26)25(13-17-6-4-5-11-22-17)12-15-7-9-16(21)10-8-15/h4-11,14,18-19,23-24H,3,12-13H2,1-2H3. The van der Waals surface area contributed by atoms with Gasteiger partial charge in [0, 0.05) is 18.8 Å². The first-order chi connectivity index (χ1) is 12.6. The molecule has 0 aliphatic carbocycles. The minimum atomic E-state index is -0.288. The van der Waals surface area contributed by atoms with Gasteiger partial charge in [0.15, 0.2) is 0 Å².